The number of aliphatic hydroxyl groups is 1. The minimum atomic E-state index is -0.436. The van der Waals surface area contributed by atoms with Crippen LogP contribution in [0.15, 0.2) is 0 Å². The molecular formula is C9H20N2O. The molecule has 1 unspecified atom stereocenters. The van der Waals surface area contributed by atoms with Crippen molar-refractivity contribution in [2.75, 3.05) is 19.6 Å². The van der Waals surface area contributed by atoms with Gasteiger partial charge in [0, 0.05) is 25.7 Å². The van der Waals surface area contributed by atoms with Crippen LogP contribution < -0.4 is 5.73 Å². The van der Waals surface area contributed by atoms with E-state index in [0.717, 1.165) is 32.5 Å². The average molecular weight is 172 g/mol. The van der Waals surface area contributed by atoms with Gasteiger partial charge in [0.25, 0.3) is 0 Å². The van der Waals surface area contributed by atoms with Gasteiger partial charge in [-0.1, -0.05) is 0 Å². The fourth-order valence-corrected chi connectivity index (χ4v) is 1.62. The van der Waals surface area contributed by atoms with Gasteiger partial charge in [0.2, 0.25) is 0 Å². The average Bonchev–Trinajstić information content (AvgIpc) is 1.93. The smallest absolute Gasteiger partial charge is 0.0644 e. The minimum absolute atomic E-state index is 0.244. The molecule has 1 heterocycles. The maximum atomic E-state index is 9.67. The van der Waals surface area contributed by atoms with Gasteiger partial charge in [-0.05, 0) is 26.7 Å². The molecule has 3 nitrogen and oxygen atoms in total. The van der Waals surface area contributed by atoms with Crippen LogP contribution >= 0.6 is 0 Å². The molecule has 0 radical (unpaired) electrons. The Morgan fingerprint density at radius 1 is 1.50 bits per heavy atom. The molecule has 0 aromatic heterocycles. The zero-order valence-corrected chi connectivity index (χ0v) is 8.08. The lowest BCUT2D eigenvalue weighted by molar-refractivity contribution is -0.00612. The van der Waals surface area contributed by atoms with E-state index < -0.39 is 5.60 Å². The lowest BCUT2D eigenvalue weighted by atomic mass is 9.94. The molecule has 72 valence electrons. The van der Waals surface area contributed by atoms with Crippen molar-refractivity contribution in [3.63, 3.8) is 0 Å². The van der Waals surface area contributed by atoms with Crippen LogP contribution in [0.1, 0.15) is 26.7 Å². The molecule has 1 aliphatic heterocycles. The Labute approximate surface area is 74.5 Å². The summed E-state index contributed by atoms with van der Waals surface area (Å²) in [5, 5.41) is 9.67. The largest absolute Gasteiger partial charge is 0.390 e. The summed E-state index contributed by atoms with van der Waals surface area (Å²) in [5.74, 6) is 0. The Hall–Kier alpha value is -0.120. The molecule has 0 amide bonds. The predicted octanol–water partition coefficient (Wildman–Crippen LogP) is 0.180. The Balaban J connectivity index is 2.27. The molecule has 0 spiro atoms. The Morgan fingerprint density at radius 3 is 2.42 bits per heavy atom. The lowest BCUT2D eigenvalue weighted by Gasteiger charge is -2.36. The van der Waals surface area contributed by atoms with Crippen LogP contribution in [0.25, 0.3) is 0 Å². The maximum absolute atomic E-state index is 9.67. The molecule has 0 aliphatic carbocycles. The summed E-state index contributed by atoms with van der Waals surface area (Å²) in [6.07, 6.45) is 1.75. The number of rotatable bonds is 2. The van der Waals surface area contributed by atoms with Crippen molar-refractivity contribution in [2.24, 2.45) is 5.73 Å². The normalized spacial score (nSPS) is 27.0. The third-order valence-electron chi connectivity index (χ3n) is 2.48. The van der Waals surface area contributed by atoms with E-state index in [2.05, 4.69) is 4.90 Å². The molecule has 1 fully saturated rings. The summed E-state index contributed by atoms with van der Waals surface area (Å²) in [6.45, 7) is 6.85. The second kappa shape index (κ2) is 3.73. The number of hydrogen-bond acceptors (Lipinski definition) is 3. The molecule has 0 saturated carbocycles. The first-order valence-electron chi connectivity index (χ1n) is 4.70. The standard InChI is InChI=1S/C9H20N2O/c1-8(10)7-11-5-3-9(2,12)4-6-11/h8,12H,3-7,10H2,1-2H3. The van der Waals surface area contributed by atoms with Gasteiger partial charge >= 0.3 is 0 Å². The zero-order valence-electron chi connectivity index (χ0n) is 8.08. The molecule has 1 aliphatic rings. The van der Waals surface area contributed by atoms with Crippen LogP contribution in [-0.4, -0.2) is 41.3 Å². The lowest BCUT2D eigenvalue weighted by Crippen LogP contribution is -2.46. The predicted molar refractivity (Wildman–Crippen MR) is 49.9 cm³/mol. The van der Waals surface area contributed by atoms with E-state index in [9.17, 15) is 5.11 Å². The first kappa shape index (κ1) is 9.96. The summed E-state index contributed by atoms with van der Waals surface area (Å²) in [4.78, 5) is 2.32. The fourth-order valence-electron chi connectivity index (χ4n) is 1.62. The highest BCUT2D eigenvalue weighted by Crippen LogP contribution is 2.20. The van der Waals surface area contributed by atoms with Crippen LogP contribution in [0.4, 0.5) is 0 Å². The van der Waals surface area contributed by atoms with Gasteiger partial charge < -0.3 is 15.7 Å². The quantitative estimate of drug-likeness (QED) is 0.625. The second-order valence-corrected chi connectivity index (χ2v) is 4.27. The van der Waals surface area contributed by atoms with Gasteiger partial charge in [-0.2, -0.15) is 0 Å². The molecule has 12 heavy (non-hydrogen) atoms. The molecular weight excluding hydrogens is 152 g/mol. The second-order valence-electron chi connectivity index (χ2n) is 4.27. The molecule has 1 rings (SSSR count). The van der Waals surface area contributed by atoms with Crippen LogP contribution in [0.2, 0.25) is 0 Å². The highest BCUT2D eigenvalue weighted by atomic mass is 16.3. The van der Waals surface area contributed by atoms with E-state index in [-0.39, 0.29) is 6.04 Å². The Bertz CT molecular complexity index is 135. The van der Waals surface area contributed by atoms with Crippen molar-refractivity contribution in [3.05, 3.63) is 0 Å². The zero-order chi connectivity index (χ0) is 9.19. The Kier molecular flexibility index (Phi) is 3.09. The van der Waals surface area contributed by atoms with Crippen molar-refractivity contribution in [2.45, 2.75) is 38.3 Å². The van der Waals surface area contributed by atoms with E-state index in [1.54, 1.807) is 0 Å². The minimum Gasteiger partial charge on any atom is -0.390 e. The first-order chi connectivity index (χ1) is 5.49. The highest BCUT2D eigenvalue weighted by molar-refractivity contribution is 4.82. The molecule has 0 bridgehead atoms. The first-order valence-corrected chi connectivity index (χ1v) is 4.70. The third kappa shape index (κ3) is 3.09. The van der Waals surface area contributed by atoms with Gasteiger partial charge in [0.05, 0.1) is 5.60 Å². The molecule has 3 heteroatoms. The summed E-state index contributed by atoms with van der Waals surface area (Å²) in [5.41, 5.74) is 5.25. The van der Waals surface area contributed by atoms with E-state index >= 15 is 0 Å². The highest BCUT2D eigenvalue weighted by Gasteiger charge is 2.27. The van der Waals surface area contributed by atoms with Crippen molar-refractivity contribution in [1.82, 2.24) is 4.90 Å². The van der Waals surface area contributed by atoms with Crippen molar-refractivity contribution < 1.29 is 5.11 Å². The van der Waals surface area contributed by atoms with Gasteiger partial charge in [-0.15, -0.1) is 0 Å². The maximum Gasteiger partial charge on any atom is 0.0644 e. The number of nitrogens with zero attached hydrogens (tertiary/aromatic N) is 1. The van der Waals surface area contributed by atoms with Crippen molar-refractivity contribution in [3.8, 4) is 0 Å². The molecule has 0 aromatic carbocycles. The molecule has 1 saturated heterocycles. The van der Waals surface area contributed by atoms with E-state index in [0.29, 0.717) is 0 Å². The number of hydrogen-bond donors (Lipinski definition) is 2. The van der Waals surface area contributed by atoms with E-state index in [4.69, 9.17) is 5.73 Å². The summed E-state index contributed by atoms with van der Waals surface area (Å²) >= 11 is 0. The SMILES string of the molecule is CC(N)CN1CCC(C)(O)CC1. The van der Waals surface area contributed by atoms with E-state index in [1.807, 2.05) is 13.8 Å². The molecule has 0 aromatic rings. The molecule has 3 N–H and O–H groups in total. The van der Waals surface area contributed by atoms with Gasteiger partial charge in [0.15, 0.2) is 0 Å². The fraction of sp³-hybridized carbons (Fsp3) is 1.00. The number of likely N-dealkylation sites (tertiary alicyclic amines) is 1. The van der Waals surface area contributed by atoms with Crippen molar-refractivity contribution in [1.29, 1.82) is 0 Å². The summed E-state index contributed by atoms with van der Waals surface area (Å²) < 4.78 is 0. The number of piperidine rings is 1. The van der Waals surface area contributed by atoms with Crippen LogP contribution in [0, 0.1) is 0 Å². The molecule has 1 atom stereocenters. The number of nitrogens with two attached hydrogens (primary N) is 1. The monoisotopic (exact) mass is 172 g/mol. The van der Waals surface area contributed by atoms with E-state index in [1.165, 1.54) is 0 Å². The van der Waals surface area contributed by atoms with Crippen molar-refractivity contribution >= 4 is 0 Å². The summed E-state index contributed by atoms with van der Waals surface area (Å²) in [6, 6.07) is 0.244. The van der Waals surface area contributed by atoms with Crippen LogP contribution in [-0.2, 0) is 0 Å². The van der Waals surface area contributed by atoms with Crippen LogP contribution in [0.5, 0.6) is 0 Å². The van der Waals surface area contributed by atoms with Gasteiger partial charge in [-0.25, -0.2) is 0 Å². The van der Waals surface area contributed by atoms with Gasteiger partial charge in [-0.3, -0.25) is 0 Å². The summed E-state index contributed by atoms with van der Waals surface area (Å²) in [7, 11) is 0. The van der Waals surface area contributed by atoms with Crippen LogP contribution in [0.3, 0.4) is 0 Å². The van der Waals surface area contributed by atoms with Gasteiger partial charge in [0.1, 0.15) is 0 Å². The third-order valence-corrected chi connectivity index (χ3v) is 2.48. The Morgan fingerprint density at radius 2 is 2.00 bits per heavy atom. The topological polar surface area (TPSA) is 49.5 Å².